The van der Waals surface area contributed by atoms with Crippen molar-refractivity contribution in [2.75, 3.05) is 7.11 Å². The highest BCUT2D eigenvalue weighted by atomic mass is 35.5. The Hall–Kier alpha value is -2.08. The minimum Gasteiger partial charge on any atom is -0.496 e. The van der Waals surface area contributed by atoms with Crippen LogP contribution in [-0.2, 0) is 6.42 Å². The first-order chi connectivity index (χ1) is 11.5. The zero-order valence-electron chi connectivity index (χ0n) is 13.7. The molecule has 1 aliphatic rings. The van der Waals surface area contributed by atoms with Gasteiger partial charge in [-0.15, -0.1) is 10.2 Å². The van der Waals surface area contributed by atoms with Gasteiger partial charge < -0.3 is 14.5 Å². The zero-order valence-corrected chi connectivity index (χ0v) is 14.5. The van der Waals surface area contributed by atoms with Crippen molar-refractivity contribution in [3.63, 3.8) is 0 Å². The molecule has 0 aliphatic heterocycles. The van der Waals surface area contributed by atoms with Gasteiger partial charge in [0.25, 0.3) is 5.91 Å². The maximum atomic E-state index is 12.5. The third kappa shape index (κ3) is 3.87. The van der Waals surface area contributed by atoms with E-state index in [4.69, 9.17) is 20.8 Å². The smallest absolute Gasteiger partial charge is 0.255 e. The van der Waals surface area contributed by atoms with Gasteiger partial charge in [-0.3, -0.25) is 4.79 Å². The van der Waals surface area contributed by atoms with E-state index in [0.717, 1.165) is 25.7 Å². The Bertz CT molecular complexity index is 732. The van der Waals surface area contributed by atoms with Gasteiger partial charge in [0.15, 0.2) is 0 Å². The highest BCUT2D eigenvalue weighted by Gasteiger charge is 2.28. The monoisotopic (exact) mass is 349 g/mol. The summed E-state index contributed by atoms with van der Waals surface area (Å²) in [5.74, 6) is 2.06. The number of hydrogen-bond donors (Lipinski definition) is 1. The highest BCUT2D eigenvalue weighted by molar-refractivity contribution is 6.31. The lowest BCUT2D eigenvalue weighted by molar-refractivity contribution is 0.0934. The highest BCUT2D eigenvalue weighted by Crippen LogP contribution is 2.29. The summed E-state index contributed by atoms with van der Waals surface area (Å²) in [6, 6.07) is 5.17. The molecule has 24 heavy (non-hydrogen) atoms. The second kappa shape index (κ2) is 7.21. The molecule has 3 rings (SSSR count). The summed E-state index contributed by atoms with van der Waals surface area (Å²) in [4.78, 5) is 12.5. The number of aromatic nitrogens is 2. The number of ether oxygens (including phenoxy) is 1. The van der Waals surface area contributed by atoms with Crippen LogP contribution in [0.4, 0.5) is 0 Å². The molecule has 1 aromatic carbocycles. The van der Waals surface area contributed by atoms with E-state index in [2.05, 4.69) is 15.5 Å². The van der Waals surface area contributed by atoms with Crippen LogP contribution in [0.2, 0.25) is 5.02 Å². The lowest BCUT2D eigenvalue weighted by Gasteiger charge is -2.15. The first-order valence-electron chi connectivity index (χ1n) is 7.98. The molecule has 7 heteroatoms. The lowest BCUT2D eigenvalue weighted by atomic mass is 10.0. The summed E-state index contributed by atoms with van der Waals surface area (Å²) >= 11 is 5.99. The largest absolute Gasteiger partial charge is 0.496 e. The van der Waals surface area contributed by atoms with Gasteiger partial charge in [-0.05, 0) is 43.4 Å². The van der Waals surface area contributed by atoms with Crippen LogP contribution >= 0.6 is 11.6 Å². The van der Waals surface area contributed by atoms with Crippen LogP contribution in [0.25, 0.3) is 0 Å². The molecule has 0 unspecified atom stereocenters. The maximum absolute atomic E-state index is 12.5. The summed E-state index contributed by atoms with van der Waals surface area (Å²) in [7, 11) is 1.54. The van der Waals surface area contributed by atoms with E-state index >= 15 is 0 Å². The molecule has 6 nitrogen and oxygen atoms in total. The van der Waals surface area contributed by atoms with Crippen molar-refractivity contribution in [2.45, 2.75) is 38.6 Å². The lowest BCUT2D eigenvalue weighted by Crippen LogP contribution is -2.33. The van der Waals surface area contributed by atoms with Gasteiger partial charge in [-0.1, -0.05) is 11.6 Å². The van der Waals surface area contributed by atoms with Gasteiger partial charge in [-0.25, -0.2) is 0 Å². The quantitative estimate of drug-likeness (QED) is 0.897. The van der Waals surface area contributed by atoms with E-state index in [0.29, 0.717) is 34.0 Å². The minimum atomic E-state index is -0.159. The number of aryl methyl sites for hydroxylation is 1. The molecule has 1 aliphatic carbocycles. The Kier molecular flexibility index (Phi) is 5.04. The Labute approximate surface area is 145 Å². The number of nitrogens with one attached hydrogen (secondary N) is 1. The number of methoxy groups -OCH3 is 1. The van der Waals surface area contributed by atoms with Crippen molar-refractivity contribution in [1.29, 1.82) is 0 Å². The second-order valence-electron chi connectivity index (χ2n) is 6.11. The van der Waals surface area contributed by atoms with Gasteiger partial charge >= 0.3 is 0 Å². The predicted octanol–water partition coefficient (Wildman–Crippen LogP) is 3.18. The summed E-state index contributed by atoms with van der Waals surface area (Å²) in [5, 5.41) is 11.5. The fraction of sp³-hybridized carbons (Fsp3) is 0.471. The van der Waals surface area contributed by atoms with Crippen LogP contribution in [0.3, 0.4) is 0 Å². The fourth-order valence-electron chi connectivity index (χ4n) is 3.18. The number of carbonyl (C=O) groups is 1. The molecule has 1 saturated carbocycles. The van der Waals surface area contributed by atoms with E-state index in [1.807, 2.05) is 0 Å². The molecule has 1 amide bonds. The van der Waals surface area contributed by atoms with Crippen molar-refractivity contribution in [1.82, 2.24) is 15.5 Å². The van der Waals surface area contributed by atoms with E-state index in [9.17, 15) is 4.79 Å². The predicted molar refractivity (Wildman–Crippen MR) is 89.3 cm³/mol. The van der Waals surface area contributed by atoms with Crippen LogP contribution in [-0.4, -0.2) is 29.3 Å². The van der Waals surface area contributed by atoms with Crippen LogP contribution in [0.1, 0.15) is 41.4 Å². The Morgan fingerprint density at radius 1 is 1.42 bits per heavy atom. The molecular formula is C17H20ClN3O3. The van der Waals surface area contributed by atoms with E-state index in [1.165, 1.54) is 7.11 Å². The van der Waals surface area contributed by atoms with E-state index in [-0.39, 0.29) is 11.9 Å². The first kappa shape index (κ1) is 16.8. The average Bonchev–Trinajstić information content (AvgIpc) is 3.16. The summed E-state index contributed by atoms with van der Waals surface area (Å²) in [6.45, 7) is 1.78. The molecule has 2 aromatic rings. The van der Waals surface area contributed by atoms with Crippen molar-refractivity contribution in [2.24, 2.45) is 5.92 Å². The molecule has 2 atom stereocenters. The normalized spacial score (nSPS) is 20.1. The zero-order chi connectivity index (χ0) is 17.1. The topological polar surface area (TPSA) is 77.2 Å². The molecule has 0 spiro atoms. The minimum absolute atomic E-state index is 0.134. The van der Waals surface area contributed by atoms with Gasteiger partial charge in [0.1, 0.15) is 5.75 Å². The van der Waals surface area contributed by atoms with Crippen LogP contribution in [0.5, 0.6) is 5.75 Å². The summed E-state index contributed by atoms with van der Waals surface area (Å²) in [5.41, 5.74) is 0.459. The third-order valence-corrected chi connectivity index (χ3v) is 4.55. The van der Waals surface area contributed by atoms with E-state index < -0.39 is 0 Å². The maximum Gasteiger partial charge on any atom is 0.255 e. The van der Waals surface area contributed by atoms with Gasteiger partial charge in [0, 0.05) is 24.4 Å². The first-order valence-corrected chi connectivity index (χ1v) is 8.36. The molecule has 0 radical (unpaired) electrons. The van der Waals surface area contributed by atoms with Crippen molar-refractivity contribution in [3.05, 3.63) is 40.6 Å². The number of hydrogen-bond acceptors (Lipinski definition) is 5. The number of nitrogens with zero attached hydrogens (tertiary/aromatic N) is 2. The number of benzene rings is 1. The Morgan fingerprint density at radius 2 is 2.25 bits per heavy atom. The average molecular weight is 350 g/mol. The van der Waals surface area contributed by atoms with Gasteiger partial charge in [0.05, 0.1) is 12.7 Å². The Morgan fingerprint density at radius 3 is 2.96 bits per heavy atom. The molecule has 1 N–H and O–H groups in total. The van der Waals surface area contributed by atoms with E-state index in [1.54, 1.807) is 25.1 Å². The van der Waals surface area contributed by atoms with Crippen LogP contribution in [0, 0.1) is 12.8 Å². The van der Waals surface area contributed by atoms with Crippen molar-refractivity contribution < 1.29 is 13.9 Å². The molecular weight excluding hydrogens is 330 g/mol. The standard InChI is InChI=1S/C17H20ClN3O3/c1-10-20-21-16(24-10)8-11-3-5-13(7-11)19-17(22)14-9-12(18)4-6-15(14)23-2/h4,6,9,11,13H,3,5,7-8H2,1-2H3,(H,19,22)/t11-,13+/m1/s1. The number of carbonyl (C=O) groups excluding carboxylic acids is 1. The second-order valence-corrected chi connectivity index (χ2v) is 6.55. The number of rotatable bonds is 5. The number of amides is 1. The third-order valence-electron chi connectivity index (χ3n) is 4.31. The molecule has 1 fully saturated rings. The Balaban J connectivity index is 1.59. The van der Waals surface area contributed by atoms with Crippen molar-refractivity contribution >= 4 is 17.5 Å². The van der Waals surface area contributed by atoms with Crippen LogP contribution in [0.15, 0.2) is 22.6 Å². The fourth-order valence-corrected chi connectivity index (χ4v) is 3.35. The molecule has 1 aromatic heterocycles. The van der Waals surface area contributed by atoms with Crippen molar-refractivity contribution in [3.8, 4) is 5.75 Å². The summed E-state index contributed by atoms with van der Waals surface area (Å²) in [6.07, 6.45) is 3.62. The summed E-state index contributed by atoms with van der Waals surface area (Å²) < 4.78 is 10.7. The molecule has 1 heterocycles. The number of halogens is 1. The van der Waals surface area contributed by atoms with Gasteiger partial charge in [-0.2, -0.15) is 0 Å². The molecule has 128 valence electrons. The molecule has 0 saturated heterocycles. The van der Waals surface area contributed by atoms with Crippen LogP contribution < -0.4 is 10.1 Å². The SMILES string of the molecule is COc1ccc(Cl)cc1C(=O)N[C@H]1CC[C@@H](Cc2nnc(C)o2)C1. The van der Waals surface area contributed by atoms with Gasteiger partial charge in [0.2, 0.25) is 11.8 Å². The molecule has 0 bridgehead atoms.